The molecule has 0 rings (SSSR count). The van der Waals surface area contributed by atoms with Crippen LogP contribution in [0, 0.1) is 5.92 Å². The van der Waals surface area contributed by atoms with Crippen LogP contribution in [0.25, 0.3) is 0 Å². The van der Waals surface area contributed by atoms with E-state index in [4.69, 9.17) is 0 Å². The minimum Gasteiger partial charge on any atom is -0.355 e. The number of hydrogen-bond donors (Lipinski definition) is 1. The molecule has 0 bridgehead atoms. The van der Waals surface area contributed by atoms with E-state index in [1.807, 2.05) is 6.26 Å². The summed E-state index contributed by atoms with van der Waals surface area (Å²) in [5.41, 5.74) is 0. The van der Waals surface area contributed by atoms with Crippen molar-refractivity contribution >= 4 is 17.7 Å². The third kappa shape index (κ3) is 5.95. The monoisotopic (exact) mass is 163 g/mol. The smallest absolute Gasteiger partial charge is 0.229 e. The highest BCUT2D eigenvalue weighted by atomic mass is 32.2. The summed E-state index contributed by atoms with van der Waals surface area (Å²) in [6.07, 6.45) is 1.93. The van der Waals surface area contributed by atoms with Gasteiger partial charge in [-0.3, -0.25) is 4.79 Å². The average Bonchev–Trinajstić information content (AvgIpc) is 1.85. The Kier molecular flexibility index (Phi) is 5.49. The van der Waals surface area contributed by atoms with Crippen molar-refractivity contribution in [1.29, 1.82) is 0 Å². The summed E-state index contributed by atoms with van der Waals surface area (Å²) in [4.78, 5) is 10.8. The molecule has 0 aromatic carbocycles. The lowest BCUT2D eigenvalue weighted by atomic mass is 10.2. The summed E-state index contributed by atoms with van der Waals surface area (Å²) in [5.74, 6) is 1.26. The Bertz CT molecular complexity index is 109. The molecule has 2 nitrogen and oxygen atoms in total. The molecule has 62 valence electrons. The van der Waals surface area contributed by atoms with Crippen molar-refractivity contribution in [1.82, 2.24) is 5.32 Å². The fourth-order valence-electron chi connectivity index (χ4n) is 0.500. The van der Waals surface area contributed by atoms with Gasteiger partial charge in [-0.2, -0.15) is 11.8 Å². The van der Waals surface area contributed by atoms with E-state index in [-0.39, 0.29) is 7.33 Å². The van der Waals surface area contributed by atoms with Crippen molar-refractivity contribution < 1.29 is 6.22 Å². The van der Waals surface area contributed by atoms with E-state index in [2.05, 4.69) is 19.2 Å². The van der Waals surface area contributed by atoms with E-state index in [0.29, 0.717) is 11.7 Å². The highest BCUT2D eigenvalue weighted by Gasteiger charge is 1.98. The summed E-state index contributed by atoms with van der Waals surface area (Å²) < 4.78 is 0. The van der Waals surface area contributed by atoms with Crippen molar-refractivity contribution in [2.45, 2.75) is 13.8 Å². The summed E-state index contributed by atoms with van der Waals surface area (Å²) in [5, 5.41) is 2.82. The molecule has 3 heteroatoms. The van der Waals surface area contributed by atoms with Crippen LogP contribution in [0.4, 0.5) is 0 Å². The lowest BCUT2D eigenvalue weighted by Crippen LogP contribution is -2.28. The van der Waals surface area contributed by atoms with Gasteiger partial charge in [-0.1, -0.05) is 13.8 Å². The molecule has 0 fully saturated rings. The van der Waals surface area contributed by atoms with Crippen LogP contribution in [0.1, 0.15) is 15.3 Å². The van der Waals surface area contributed by atoms with Crippen molar-refractivity contribution in [3.8, 4) is 0 Å². The Morgan fingerprint density at radius 2 is 2.30 bits per heavy atom. The third-order valence-electron chi connectivity index (χ3n) is 0.983. The number of carbonyl (C=O) groups is 1. The number of rotatable bonds is 4. The molecule has 1 N–H and O–H groups in total. The first-order valence-electron chi connectivity index (χ1n) is 3.42. The molecular weight excluding hydrogens is 146 g/mol. The van der Waals surface area contributed by atoms with Gasteiger partial charge in [0.15, 0.2) is 0 Å². The summed E-state index contributed by atoms with van der Waals surface area (Å²) in [7, 11) is 0. The van der Waals surface area contributed by atoms with Gasteiger partial charge in [0.1, 0.15) is 0 Å². The molecule has 0 spiro atoms. The normalized spacial score (nSPS) is 10.0. The summed E-state index contributed by atoms with van der Waals surface area (Å²) in [6, 6.07) is 0. The lowest BCUT2D eigenvalue weighted by Gasteiger charge is -2.05. The van der Waals surface area contributed by atoms with Crippen LogP contribution in [0.5, 0.6) is 0 Å². The van der Waals surface area contributed by atoms with Gasteiger partial charge < -0.3 is 5.32 Å². The summed E-state index contributed by atoms with van der Waals surface area (Å²) >= 11 is 1.55. The van der Waals surface area contributed by atoms with E-state index in [1.165, 1.54) is 0 Å². The maximum atomic E-state index is 10.8. The third-order valence-corrected chi connectivity index (χ3v) is 1.53. The van der Waals surface area contributed by atoms with Crippen LogP contribution in [0.3, 0.4) is 0 Å². The fourth-order valence-corrected chi connectivity index (χ4v) is 0.864. The molecule has 10 heavy (non-hydrogen) atoms. The molecule has 0 aromatic heterocycles. The Labute approximate surface area is 68.2 Å². The SMILES string of the molecule is CSCC(=O)NCC(C)C.[HH]. The highest BCUT2D eigenvalue weighted by molar-refractivity contribution is 7.99. The van der Waals surface area contributed by atoms with Crippen LogP contribution in [0.15, 0.2) is 0 Å². The van der Waals surface area contributed by atoms with Gasteiger partial charge in [-0.15, -0.1) is 0 Å². The zero-order valence-corrected chi connectivity index (χ0v) is 7.62. The number of thioether (sulfide) groups is 1. The molecule has 0 aromatic rings. The second-order valence-corrected chi connectivity index (χ2v) is 3.50. The molecule has 0 saturated heterocycles. The highest BCUT2D eigenvalue weighted by Crippen LogP contribution is 1.91. The van der Waals surface area contributed by atoms with Gasteiger partial charge >= 0.3 is 0 Å². The average molecular weight is 163 g/mol. The van der Waals surface area contributed by atoms with Crippen LogP contribution in [-0.4, -0.2) is 24.5 Å². The van der Waals surface area contributed by atoms with E-state index < -0.39 is 0 Å². The molecular formula is C7H17NOS. The first-order valence-corrected chi connectivity index (χ1v) is 4.81. The number of amides is 1. The molecule has 0 aliphatic heterocycles. The van der Waals surface area contributed by atoms with Gasteiger partial charge in [-0.25, -0.2) is 0 Å². The minimum absolute atomic E-state index is 0. The first kappa shape index (κ1) is 9.82. The number of nitrogens with one attached hydrogen (secondary N) is 1. The second-order valence-electron chi connectivity index (χ2n) is 2.63. The standard InChI is InChI=1S/C7H15NOS.H2/c1-6(2)4-8-7(9)5-10-3;/h6H,4-5H2,1-3H3,(H,8,9);1H. The van der Waals surface area contributed by atoms with Crippen molar-refractivity contribution in [2.24, 2.45) is 5.92 Å². The van der Waals surface area contributed by atoms with Crippen LogP contribution in [0.2, 0.25) is 0 Å². The molecule has 0 atom stereocenters. The Balaban J connectivity index is 0. The van der Waals surface area contributed by atoms with E-state index in [0.717, 1.165) is 6.54 Å². The molecule has 0 aliphatic rings. The van der Waals surface area contributed by atoms with Crippen LogP contribution in [-0.2, 0) is 4.79 Å². The Hall–Kier alpha value is -0.180. The van der Waals surface area contributed by atoms with E-state index in [9.17, 15) is 4.79 Å². The molecule has 0 aliphatic carbocycles. The largest absolute Gasteiger partial charge is 0.355 e. The van der Waals surface area contributed by atoms with Crippen LogP contribution < -0.4 is 5.32 Å². The lowest BCUT2D eigenvalue weighted by molar-refractivity contribution is -0.118. The molecule has 0 radical (unpaired) electrons. The molecule has 0 heterocycles. The van der Waals surface area contributed by atoms with E-state index >= 15 is 0 Å². The maximum Gasteiger partial charge on any atom is 0.229 e. The maximum absolute atomic E-state index is 10.8. The second kappa shape index (κ2) is 5.59. The Morgan fingerprint density at radius 1 is 1.70 bits per heavy atom. The van der Waals surface area contributed by atoms with Crippen molar-refractivity contribution in [3.05, 3.63) is 0 Å². The van der Waals surface area contributed by atoms with Gasteiger partial charge in [0.25, 0.3) is 0 Å². The number of carbonyl (C=O) groups excluding carboxylic acids is 1. The predicted molar refractivity (Wildman–Crippen MR) is 48.3 cm³/mol. The van der Waals surface area contributed by atoms with Crippen molar-refractivity contribution in [2.75, 3.05) is 18.6 Å². The molecule has 1 amide bonds. The predicted octanol–water partition coefficient (Wildman–Crippen LogP) is 1.37. The van der Waals surface area contributed by atoms with Gasteiger partial charge in [-0.05, 0) is 12.2 Å². The van der Waals surface area contributed by atoms with Crippen molar-refractivity contribution in [3.63, 3.8) is 0 Å². The van der Waals surface area contributed by atoms with Gasteiger partial charge in [0.05, 0.1) is 5.75 Å². The zero-order valence-electron chi connectivity index (χ0n) is 6.81. The Morgan fingerprint density at radius 3 is 2.70 bits per heavy atom. The quantitative estimate of drug-likeness (QED) is 0.678. The first-order chi connectivity index (χ1) is 4.66. The van der Waals surface area contributed by atoms with E-state index in [1.54, 1.807) is 11.8 Å². The minimum atomic E-state index is 0. The fraction of sp³-hybridized carbons (Fsp3) is 0.857. The van der Waals surface area contributed by atoms with Gasteiger partial charge in [0, 0.05) is 7.97 Å². The summed E-state index contributed by atoms with van der Waals surface area (Å²) in [6.45, 7) is 4.96. The van der Waals surface area contributed by atoms with Gasteiger partial charge in [0.2, 0.25) is 5.91 Å². The zero-order chi connectivity index (χ0) is 7.98. The molecule has 0 saturated carbocycles. The molecule has 0 unspecified atom stereocenters. The van der Waals surface area contributed by atoms with Crippen LogP contribution >= 0.6 is 11.8 Å². The number of hydrogen-bond acceptors (Lipinski definition) is 2. The topological polar surface area (TPSA) is 29.1 Å².